The predicted molar refractivity (Wildman–Crippen MR) is 151 cm³/mol. The molecule has 3 aromatic heterocycles. The van der Waals surface area contributed by atoms with E-state index < -0.39 is 0 Å². The molecule has 182 valence electrons. The largest absolute Gasteiger partial charge is 0.463 e. The molecule has 8 heteroatoms. The molecule has 37 heavy (non-hydrogen) atoms. The second-order valence-corrected chi connectivity index (χ2v) is 10.1. The molecule has 0 aliphatic rings. The summed E-state index contributed by atoms with van der Waals surface area (Å²) in [6.45, 7) is 3.98. The van der Waals surface area contributed by atoms with Crippen molar-refractivity contribution in [1.82, 2.24) is 9.97 Å². The van der Waals surface area contributed by atoms with Gasteiger partial charge in [0, 0.05) is 28.7 Å². The third-order valence-corrected chi connectivity index (χ3v) is 7.11. The highest BCUT2D eigenvalue weighted by molar-refractivity contribution is 7.18. The van der Waals surface area contributed by atoms with E-state index in [2.05, 4.69) is 38.8 Å². The van der Waals surface area contributed by atoms with E-state index in [1.54, 1.807) is 23.8 Å². The molecule has 0 radical (unpaired) electrons. The molecule has 0 unspecified atom stereocenters. The highest BCUT2D eigenvalue weighted by Gasteiger charge is 2.18. The highest BCUT2D eigenvalue weighted by Crippen LogP contribution is 2.39. The number of fused-ring (bicyclic) bond motifs is 2. The van der Waals surface area contributed by atoms with Gasteiger partial charge in [0.15, 0.2) is 0 Å². The van der Waals surface area contributed by atoms with Gasteiger partial charge in [-0.3, -0.25) is 0 Å². The number of amides is 2. The number of hydrogen-bond acceptors (Lipinski definition) is 6. The van der Waals surface area contributed by atoms with Gasteiger partial charge in [-0.15, -0.1) is 11.3 Å². The molecule has 0 fully saturated rings. The number of urea groups is 1. The summed E-state index contributed by atoms with van der Waals surface area (Å²) in [5.41, 5.74) is 14.0. The fourth-order valence-electron chi connectivity index (χ4n) is 4.45. The lowest BCUT2D eigenvalue weighted by atomic mass is 10.0. The van der Waals surface area contributed by atoms with Gasteiger partial charge in [0.25, 0.3) is 0 Å². The van der Waals surface area contributed by atoms with Crippen molar-refractivity contribution in [2.24, 2.45) is 0 Å². The van der Waals surface area contributed by atoms with Crippen LogP contribution in [0, 0.1) is 13.8 Å². The Morgan fingerprint density at radius 2 is 1.70 bits per heavy atom. The summed E-state index contributed by atoms with van der Waals surface area (Å²) in [7, 11) is 0. The van der Waals surface area contributed by atoms with Crippen LogP contribution in [0.5, 0.6) is 0 Å². The molecule has 7 nitrogen and oxygen atoms in total. The molecule has 0 aliphatic carbocycles. The monoisotopic (exact) mass is 505 g/mol. The minimum Gasteiger partial charge on any atom is -0.463 e. The number of carbonyl (C=O) groups excluding carboxylic acids is 1. The number of anilines is 3. The molecular formula is C29H23N5O2S. The van der Waals surface area contributed by atoms with Gasteiger partial charge in [-0.1, -0.05) is 30.3 Å². The van der Waals surface area contributed by atoms with Crippen LogP contribution in [0.25, 0.3) is 43.4 Å². The van der Waals surface area contributed by atoms with Gasteiger partial charge in [-0.05, 0) is 66.9 Å². The van der Waals surface area contributed by atoms with Crippen LogP contribution in [0.3, 0.4) is 0 Å². The summed E-state index contributed by atoms with van der Waals surface area (Å²) in [6.07, 6.45) is 3.44. The second-order valence-electron chi connectivity index (χ2n) is 8.85. The van der Waals surface area contributed by atoms with E-state index in [4.69, 9.17) is 10.2 Å². The van der Waals surface area contributed by atoms with E-state index >= 15 is 0 Å². The van der Waals surface area contributed by atoms with Gasteiger partial charge in [0.2, 0.25) is 0 Å². The number of carbonyl (C=O) groups is 1. The quantitative estimate of drug-likeness (QED) is 0.229. The Kier molecular flexibility index (Phi) is 5.58. The molecule has 0 atom stereocenters. The number of thiazole rings is 1. The predicted octanol–water partition coefficient (Wildman–Crippen LogP) is 7.61. The maximum atomic E-state index is 12.4. The van der Waals surface area contributed by atoms with E-state index in [1.807, 2.05) is 62.4 Å². The van der Waals surface area contributed by atoms with Crippen molar-refractivity contribution in [3.63, 3.8) is 0 Å². The summed E-state index contributed by atoms with van der Waals surface area (Å²) in [6, 6.07) is 21.0. The van der Waals surface area contributed by atoms with E-state index in [1.165, 1.54) is 0 Å². The van der Waals surface area contributed by atoms with Crippen LogP contribution in [0.1, 0.15) is 10.6 Å². The van der Waals surface area contributed by atoms with Gasteiger partial charge in [-0.2, -0.15) is 0 Å². The minimum atomic E-state index is -0.308. The third kappa shape index (κ3) is 4.39. The van der Waals surface area contributed by atoms with Crippen LogP contribution in [-0.2, 0) is 0 Å². The number of nitrogens with two attached hydrogens (primary N) is 1. The summed E-state index contributed by atoms with van der Waals surface area (Å²) in [5.74, 6) is 0.396. The standard InChI is InChI=1S/C29H23N5O2S/c1-16-4-3-5-21(12-16)34-29(35)33-20-9-6-18(7-10-20)23-15-36-27-22(14-31-28(30)26(23)27)19-8-11-25-24(13-19)32-17(2)37-25/h3-15H,1-2H3,(H2,30,31)(H2,33,34,35). The average molecular weight is 506 g/mol. The molecule has 6 aromatic rings. The van der Waals surface area contributed by atoms with Crippen molar-refractivity contribution in [1.29, 1.82) is 0 Å². The normalized spacial score (nSPS) is 11.2. The van der Waals surface area contributed by atoms with Crippen molar-refractivity contribution in [2.75, 3.05) is 16.4 Å². The number of furan rings is 1. The number of aryl methyl sites for hydroxylation is 2. The van der Waals surface area contributed by atoms with Gasteiger partial charge in [0.05, 0.1) is 26.9 Å². The van der Waals surface area contributed by atoms with Gasteiger partial charge in [-0.25, -0.2) is 14.8 Å². The number of benzene rings is 3. The Bertz CT molecular complexity index is 1790. The zero-order valence-corrected chi connectivity index (χ0v) is 21.0. The first kappa shape index (κ1) is 22.8. The zero-order chi connectivity index (χ0) is 25.5. The molecule has 4 N–H and O–H groups in total. The highest BCUT2D eigenvalue weighted by atomic mass is 32.1. The lowest BCUT2D eigenvalue weighted by molar-refractivity contribution is 0.262. The summed E-state index contributed by atoms with van der Waals surface area (Å²) in [4.78, 5) is 21.5. The van der Waals surface area contributed by atoms with Crippen molar-refractivity contribution in [3.8, 4) is 22.3 Å². The topological polar surface area (TPSA) is 106 Å². The van der Waals surface area contributed by atoms with Crippen LogP contribution in [-0.4, -0.2) is 16.0 Å². The maximum Gasteiger partial charge on any atom is 0.323 e. The van der Waals surface area contributed by atoms with E-state index in [9.17, 15) is 4.79 Å². The molecule has 0 aliphatic heterocycles. The number of hydrogen-bond donors (Lipinski definition) is 3. The van der Waals surface area contributed by atoms with Crippen molar-refractivity contribution < 1.29 is 9.21 Å². The SMILES string of the molecule is Cc1cccc(NC(=O)Nc2ccc(-c3coc4c(-c5ccc6sc(C)nc6c5)cnc(N)c34)cc2)c1. The number of pyridine rings is 1. The minimum absolute atomic E-state index is 0.308. The molecule has 2 amide bonds. The fourth-order valence-corrected chi connectivity index (χ4v) is 5.25. The first-order valence-electron chi connectivity index (χ1n) is 11.7. The van der Waals surface area contributed by atoms with Crippen molar-refractivity contribution >= 4 is 55.7 Å². The third-order valence-electron chi connectivity index (χ3n) is 6.16. The van der Waals surface area contributed by atoms with Crippen LogP contribution in [0.2, 0.25) is 0 Å². The summed E-state index contributed by atoms with van der Waals surface area (Å²) in [5, 5.41) is 7.49. The number of nitrogens with zero attached hydrogens (tertiary/aromatic N) is 2. The molecule has 0 saturated carbocycles. The lowest BCUT2D eigenvalue weighted by Gasteiger charge is -2.09. The Labute approximate surface area is 217 Å². The van der Waals surface area contributed by atoms with Crippen LogP contribution in [0.15, 0.2) is 83.6 Å². The van der Waals surface area contributed by atoms with Crippen molar-refractivity contribution in [2.45, 2.75) is 13.8 Å². The van der Waals surface area contributed by atoms with E-state index in [-0.39, 0.29) is 6.03 Å². The smallest absolute Gasteiger partial charge is 0.323 e. The van der Waals surface area contributed by atoms with E-state index in [0.29, 0.717) is 17.1 Å². The molecule has 3 aromatic carbocycles. The number of nitrogen functional groups attached to an aromatic ring is 1. The van der Waals surface area contributed by atoms with Crippen LogP contribution < -0.4 is 16.4 Å². The fraction of sp³-hybridized carbons (Fsp3) is 0.0690. The molecule has 0 spiro atoms. The Hall–Kier alpha value is -4.69. The molecule has 0 saturated heterocycles. The van der Waals surface area contributed by atoms with Gasteiger partial charge in [0.1, 0.15) is 11.4 Å². The Morgan fingerprint density at radius 3 is 2.51 bits per heavy atom. The molecule has 0 bridgehead atoms. The summed E-state index contributed by atoms with van der Waals surface area (Å²) < 4.78 is 7.18. The van der Waals surface area contributed by atoms with E-state index in [0.717, 1.165) is 54.1 Å². The number of rotatable bonds is 4. The Morgan fingerprint density at radius 1 is 0.919 bits per heavy atom. The van der Waals surface area contributed by atoms with Gasteiger partial charge >= 0.3 is 6.03 Å². The molecule has 6 rings (SSSR count). The Balaban J connectivity index is 1.29. The average Bonchev–Trinajstić information content (AvgIpc) is 3.48. The lowest BCUT2D eigenvalue weighted by Crippen LogP contribution is -2.19. The molecule has 3 heterocycles. The van der Waals surface area contributed by atoms with Crippen LogP contribution in [0.4, 0.5) is 22.0 Å². The zero-order valence-electron chi connectivity index (χ0n) is 20.2. The van der Waals surface area contributed by atoms with Crippen molar-refractivity contribution in [3.05, 3.63) is 89.8 Å². The maximum absolute atomic E-state index is 12.4. The second kappa shape index (κ2) is 9.07. The number of nitrogens with one attached hydrogen (secondary N) is 2. The summed E-state index contributed by atoms with van der Waals surface area (Å²) >= 11 is 1.67. The molecular weight excluding hydrogens is 482 g/mol. The first-order chi connectivity index (χ1) is 17.9. The van der Waals surface area contributed by atoms with Crippen LogP contribution >= 0.6 is 11.3 Å². The first-order valence-corrected chi connectivity index (χ1v) is 12.5. The van der Waals surface area contributed by atoms with Gasteiger partial charge < -0.3 is 20.8 Å². The number of aromatic nitrogens is 2.